The van der Waals surface area contributed by atoms with E-state index in [1.807, 2.05) is 24.3 Å². The van der Waals surface area contributed by atoms with E-state index in [0.717, 1.165) is 78.5 Å². The lowest BCUT2D eigenvalue weighted by Gasteiger charge is -2.44. The van der Waals surface area contributed by atoms with E-state index in [0.29, 0.717) is 0 Å². The zero-order valence-corrected chi connectivity index (χ0v) is 40.7. The van der Waals surface area contributed by atoms with Crippen molar-refractivity contribution in [2.75, 3.05) is 9.80 Å². The Morgan fingerprint density at radius 3 is 1.47 bits per heavy atom. The van der Waals surface area contributed by atoms with Gasteiger partial charge in [0.25, 0.3) is 0 Å². The van der Waals surface area contributed by atoms with E-state index in [9.17, 15) is 8.78 Å². The molecule has 12 rings (SSSR count). The minimum Gasteiger partial charge on any atom is -0.330 e. The zero-order chi connectivity index (χ0) is 49.0. The molecular weight excluding hydrogens is 883 g/mol. The number of hydrogen-bond donors (Lipinski definition) is 0. The minimum absolute atomic E-state index is 0.0945. The van der Waals surface area contributed by atoms with Crippen molar-refractivity contribution in [3.05, 3.63) is 298 Å². The summed E-state index contributed by atoms with van der Waals surface area (Å²) in [5, 5.41) is 0. The number of hydrogen-bond acceptors (Lipinski definition) is 2. The third kappa shape index (κ3) is 7.81. The van der Waals surface area contributed by atoms with Crippen LogP contribution in [0.5, 0.6) is 0 Å². The lowest BCUT2D eigenvalue weighted by atomic mass is 9.67. The number of anilines is 4. The van der Waals surface area contributed by atoms with Gasteiger partial charge in [0, 0.05) is 34.1 Å². The van der Waals surface area contributed by atoms with E-state index in [2.05, 4.69) is 220 Å². The highest BCUT2D eigenvalue weighted by molar-refractivity contribution is 5.92. The van der Waals surface area contributed by atoms with Crippen molar-refractivity contribution < 1.29 is 8.78 Å². The number of aryl methyl sites for hydroxylation is 4. The Hall–Kier alpha value is -8.60. The average molecular weight is 935 g/mol. The molecule has 0 amide bonds. The maximum Gasteiger partial charge on any atom is 0.123 e. The van der Waals surface area contributed by atoms with Crippen LogP contribution in [0.25, 0.3) is 44.5 Å². The highest BCUT2D eigenvalue weighted by Crippen LogP contribution is 2.53. The van der Waals surface area contributed by atoms with Crippen molar-refractivity contribution in [2.24, 2.45) is 5.92 Å². The fourth-order valence-corrected chi connectivity index (χ4v) is 11.4. The zero-order valence-electron chi connectivity index (χ0n) is 40.7. The number of nitrogens with zero attached hydrogens (tertiary/aromatic N) is 2. The largest absolute Gasteiger partial charge is 0.330 e. The Kier molecular flexibility index (Phi) is 11.3. The van der Waals surface area contributed by atoms with Gasteiger partial charge in [-0.25, -0.2) is 8.78 Å². The van der Waals surface area contributed by atoms with Gasteiger partial charge < -0.3 is 9.80 Å². The first-order valence-corrected chi connectivity index (χ1v) is 24.8. The maximum absolute atomic E-state index is 14.9. The van der Waals surface area contributed by atoms with Gasteiger partial charge >= 0.3 is 0 Å². The first-order chi connectivity index (χ1) is 35.2. The molecule has 2 nitrogen and oxygen atoms in total. The van der Waals surface area contributed by atoms with E-state index >= 15 is 0 Å². The van der Waals surface area contributed by atoms with Gasteiger partial charge in [0.05, 0.1) is 17.4 Å². The standard InChI is InChI=1S/C68H52F2N2/c1-43-13-5-9-17-55(43)49-25-39-65(61(41-49)57-19-11-7-15-45(57)3)71(53-31-27-51(69)28-32-53)63-37-23-47-22-36-60-64(38-24-48-21-35-59(63)67(47)68(48)60)72(54-33-29-52(70)30-34-54)66-40-26-50(56-18-10-6-14-44(56)2)42-62(66)58-20-12-8-16-46(58)4/h5-42,63,68H,1-4H3. The third-order valence-electron chi connectivity index (χ3n) is 14.9. The first-order valence-electron chi connectivity index (χ1n) is 24.8. The summed E-state index contributed by atoms with van der Waals surface area (Å²) in [6, 6.07) is 61.3. The third-order valence-corrected chi connectivity index (χ3v) is 14.9. The molecule has 0 aliphatic heterocycles. The second-order valence-electron chi connectivity index (χ2n) is 19.3. The Morgan fingerprint density at radius 2 is 0.917 bits per heavy atom. The predicted octanol–water partition coefficient (Wildman–Crippen LogP) is 18.0. The molecule has 0 bridgehead atoms. The summed E-state index contributed by atoms with van der Waals surface area (Å²) in [6.07, 6.45) is 18.2. The molecule has 0 saturated carbocycles. The second kappa shape index (κ2) is 18.3. The minimum atomic E-state index is -0.287. The van der Waals surface area contributed by atoms with Crippen LogP contribution in [0.15, 0.2) is 264 Å². The van der Waals surface area contributed by atoms with E-state index in [1.54, 1.807) is 24.3 Å². The molecule has 4 aliphatic carbocycles. The molecule has 0 radical (unpaired) electrons. The Balaban J connectivity index is 1.03. The van der Waals surface area contributed by atoms with Crippen molar-refractivity contribution >= 4 is 22.7 Å². The summed E-state index contributed by atoms with van der Waals surface area (Å²) >= 11 is 0. The first kappa shape index (κ1) is 44.6. The Bertz CT molecular complexity index is 3710. The van der Waals surface area contributed by atoms with Crippen LogP contribution < -0.4 is 9.80 Å². The van der Waals surface area contributed by atoms with Crippen LogP contribution in [0, 0.1) is 45.2 Å². The van der Waals surface area contributed by atoms with E-state index in [1.165, 1.54) is 44.5 Å². The average Bonchev–Trinajstić information content (AvgIpc) is 3.41. The van der Waals surface area contributed by atoms with E-state index < -0.39 is 0 Å². The molecule has 0 N–H and O–H groups in total. The lowest BCUT2D eigenvalue weighted by molar-refractivity contribution is 0.627. The highest BCUT2D eigenvalue weighted by Gasteiger charge is 2.40. The Labute approximate surface area is 421 Å². The summed E-state index contributed by atoms with van der Waals surface area (Å²) in [6.45, 7) is 8.66. The Morgan fingerprint density at radius 1 is 0.417 bits per heavy atom. The summed E-state index contributed by atoms with van der Waals surface area (Å²) < 4.78 is 29.9. The molecule has 8 aromatic carbocycles. The summed E-state index contributed by atoms with van der Waals surface area (Å²) in [5.41, 5.74) is 24.5. The van der Waals surface area contributed by atoms with Gasteiger partial charge in [-0.1, -0.05) is 152 Å². The smallest absolute Gasteiger partial charge is 0.123 e. The maximum atomic E-state index is 14.9. The van der Waals surface area contributed by atoms with E-state index in [-0.39, 0.29) is 23.6 Å². The van der Waals surface area contributed by atoms with Crippen molar-refractivity contribution in [1.82, 2.24) is 0 Å². The van der Waals surface area contributed by atoms with Gasteiger partial charge in [-0.15, -0.1) is 0 Å². The fraction of sp³-hybridized carbons (Fsp3) is 0.0882. The van der Waals surface area contributed by atoms with Crippen LogP contribution in [0.4, 0.5) is 31.5 Å². The highest BCUT2D eigenvalue weighted by atomic mass is 19.1. The van der Waals surface area contributed by atoms with E-state index in [4.69, 9.17) is 0 Å². The molecule has 0 aromatic heterocycles. The van der Waals surface area contributed by atoms with Crippen molar-refractivity contribution in [3.8, 4) is 44.5 Å². The quantitative estimate of drug-likeness (QED) is 0.135. The number of rotatable bonds is 10. The second-order valence-corrected chi connectivity index (χ2v) is 19.3. The van der Waals surface area contributed by atoms with Crippen LogP contribution in [0.3, 0.4) is 0 Å². The van der Waals surface area contributed by atoms with Crippen LogP contribution in [0.2, 0.25) is 0 Å². The van der Waals surface area contributed by atoms with Crippen LogP contribution in [0.1, 0.15) is 22.3 Å². The number of halogens is 2. The van der Waals surface area contributed by atoms with Crippen molar-refractivity contribution in [1.29, 1.82) is 0 Å². The molecule has 4 heteroatoms. The van der Waals surface area contributed by atoms with Crippen molar-refractivity contribution in [2.45, 2.75) is 33.7 Å². The number of allylic oxidation sites excluding steroid dienone is 10. The van der Waals surface area contributed by atoms with Gasteiger partial charge in [0.15, 0.2) is 0 Å². The molecule has 4 aliphatic rings. The summed E-state index contributed by atoms with van der Waals surface area (Å²) in [5.74, 6) is -0.663. The summed E-state index contributed by atoms with van der Waals surface area (Å²) in [7, 11) is 0. The monoisotopic (exact) mass is 934 g/mol. The SMILES string of the molecule is Cc1ccccc1-c1ccc(N(C2=C3C=CC4=C5C(=CC=C(C=C2)C35)C(N(c2ccc(F)cc2)c2ccc(-c3ccccc3C)cc2-c2ccccc2C)C=C4)c2ccc(F)cc2)c(-c2ccccc2C)c1. The molecule has 2 unspecified atom stereocenters. The molecular formula is C68H52F2N2. The molecule has 2 atom stereocenters. The van der Waals surface area contributed by atoms with Gasteiger partial charge in [-0.2, -0.15) is 0 Å². The van der Waals surface area contributed by atoms with Gasteiger partial charge in [-0.3, -0.25) is 0 Å². The number of benzene rings is 8. The van der Waals surface area contributed by atoms with Gasteiger partial charge in [0.2, 0.25) is 0 Å². The topological polar surface area (TPSA) is 6.48 Å². The normalized spacial score (nSPS) is 16.4. The van der Waals surface area contributed by atoms with Crippen LogP contribution in [-0.4, -0.2) is 6.04 Å². The molecule has 348 valence electrons. The van der Waals surface area contributed by atoms with Gasteiger partial charge in [0.1, 0.15) is 11.6 Å². The molecule has 72 heavy (non-hydrogen) atoms. The predicted molar refractivity (Wildman–Crippen MR) is 296 cm³/mol. The molecule has 8 aromatic rings. The molecule has 0 saturated heterocycles. The molecule has 0 spiro atoms. The fourth-order valence-electron chi connectivity index (χ4n) is 11.4. The van der Waals surface area contributed by atoms with Crippen molar-refractivity contribution in [3.63, 3.8) is 0 Å². The lowest BCUT2D eigenvalue weighted by Crippen LogP contribution is -2.37. The van der Waals surface area contributed by atoms with Gasteiger partial charge in [-0.05, 0) is 190 Å². The molecule has 0 fully saturated rings. The van der Waals surface area contributed by atoms with Crippen LogP contribution >= 0.6 is 0 Å². The summed E-state index contributed by atoms with van der Waals surface area (Å²) in [4.78, 5) is 4.72. The molecule has 0 heterocycles. The van der Waals surface area contributed by atoms with Crippen LogP contribution in [-0.2, 0) is 0 Å².